The van der Waals surface area contributed by atoms with Crippen molar-refractivity contribution in [2.24, 2.45) is 5.73 Å². The van der Waals surface area contributed by atoms with Gasteiger partial charge in [0, 0.05) is 5.69 Å². The molecule has 0 bridgehead atoms. The van der Waals surface area contributed by atoms with Gasteiger partial charge in [0.05, 0.1) is 6.04 Å². The van der Waals surface area contributed by atoms with Crippen LogP contribution in [-0.2, 0) is 4.79 Å². The number of anilines is 1. The van der Waals surface area contributed by atoms with Crippen molar-refractivity contribution < 1.29 is 4.79 Å². The fraction of sp³-hybridized carbons (Fsp3) is 0.364. The Morgan fingerprint density at radius 1 is 1.50 bits per heavy atom. The third kappa shape index (κ3) is 2.57. The number of carbonyl (C=O) groups is 1. The van der Waals surface area contributed by atoms with E-state index in [1.54, 1.807) is 0 Å². The molecule has 0 radical (unpaired) electrons. The average molecular weight is 192 g/mol. The van der Waals surface area contributed by atoms with Crippen molar-refractivity contribution >= 4 is 11.6 Å². The van der Waals surface area contributed by atoms with Gasteiger partial charge < -0.3 is 11.1 Å². The van der Waals surface area contributed by atoms with Crippen LogP contribution in [0.5, 0.6) is 0 Å². The summed E-state index contributed by atoms with van der Waals surface area (Å²) in [6, 6.07) is 7.22. The van der Waals surface area contributed by atoms with Crippen LogP contribution in [0.2, 0.25) is 0 Å². The highest BCUT2D eigenvalue weighted by Crippen LogP contribution is 2.13. The molecule has 0 aliphatic heterocycles. The highest BCUT2D eigenvalue weighted by molar-refractivity contribution is 5.95. The van der Waals surface area contributed by atoms with Gasteiger partial charge in [0.25, 0.3) is 0 Å². The second-order valence-electron chi connectivity index (χ2n) is 3.32. The Labute approximate surface area is 84.3 Å². The van der Waals surface area contributed by atoms with E-state index in [1.807, 2.05) is 38.1 Å². The summed E-state index contributed by atoms with van der Waals surface area (Å²) < 4.78 is 0. The Hall–Kier alpha value is -1.35. The van der Waals surface area contributed by atoms with E-state index >= 15 is 0 Å². The number of para-hydroxylation sites is 1. The molecule has 1 amide bonds. The molecule has 0 heterocycles. The van der Waals surface area contributed by atoms with Gasteiger partial charge in [-0.25, -0.2) is 0 Å². The molecule has 1 aromatic rings. The van der Waals surface area contributed by atoms with Gasteiger partial charge in [-0.3, -0.25) is 4.79 Å². The Morgan fingerprint density at radius 3 is 2.71 bits per heavy atom. The van der Waals surface area contributed by atoms with Crippen LogP contribution in [0.15, 0.2) is 24.3 Å². The number of amides is 1. The molecule has 14 heavy (non-hydrogen) atoms. The molecule has 0 saturated heterocycles. The molecule has 0 aliphatic rings. The Balaban J connectivity index is 2.70. The first kappa shape index (κ1) is 10.7. The summed E-state index contributed by atoms with van der Waals surface area (Å²) in [6.07, 6.45) is 0.651. The molecule has 76 valence electrons. The summed E-state index contributed by atoms with van der Waals surface area (Å²) in [5.41, 5.74) is 7.48. The molecule has 0 saturated carbocycles. The lowest BCUT2D eigenvalue weighted by atomic mass is 10.2. The van der Waals surface area contributed by atoms with E-state index in [1.165, 1.54) is 0 Å². The highest BCUT2D eigenvalue weighted by atomic mass is 16.2. The molecule has 1 aromatic carbocycles. The number of hydrogen-bond donors (Lipinski definition) is 2. The summed E-state index contributed by atoms with van der Waals surface area (Å²) in [7, 11) is 0. The van der Waals surface area contributed by atoms with Crippen molar-refractivity contribution in [1.29, 1.82) is 0 Å². The number of rotatable bonds is 3. The van der Waals surface area contributed by atoms with Gasteiger partial charge in [-0.05, 0) is 25.0 Å². The Bertz CT molecular complexity index is 323. The van der Waals surface area contributed by atoms with Gasteiger partial charge in [-0.1, -0.05) is 25.1 Å². The van der Waals surface area contributed by atoms with E-state index < -0.39 is 6.04 Å². The number of benzene rings is 1. The SMILES string of the molecule is CC[C@H](N)C(=O)Nc1ccccc1C. The lowest BCUT2D eigenvalue weighted by Crippen LogP contribution is -2.34. The van der Waals surface area contributed by atoms with Crippen molar-refractivity contribution in [3.63, 3.8) is 0 Å². The van der Waals surface area contributed by atoms with Crippen LogP contribution in [0.1, 0.15) is 18.9 Å². The molecule has 3 N–H and O–H groups in total. The maximum absolute atomic E-state index is 11.5. The Morgan fingerprint density at radius 2 is 2.14 bits per heavy atom. The van der Waals surface area contributed by atoms with Gasteiger partial charge in [-0.15, -0.1) is 0 Å². The smallest absolute Gasteiger partial charge is 0.241 e. The predicted molar refractivity (Wildman–Crippen MR) is 58.1 cm³/mol. The fourth-order valence-electron chi connectivity index (χ4n) is 1.12. The lowest BCUT2D eigenvalue weighted by molar-refractivity contribution is -0.117. The molecule has 0 spiro atoms. The lowest BCUT2D eigenvalue weighted by Gasteiger charge is -2.11. The zero-order valence-electron chi connectivity index (χ0n) is 8.58. The highest BCUT2D eigenvalue weighted by Gasteiger charge is 2.11. The second-order valence-corrected chi connectivity index (χ2v) is 3.32. The predicted octanol–water partition coefficient (Wildman–Crippen LogP) is 1.67. The van der Waals surface area contributed by atoms with Gasteiger partial charge in [0.15, 0.2) is 0 Å². The summed E-state index contributed by atoms with van der Waals surface area (Å²) in [5, 5.41) is 2.80. The maximum atomic E-state index is 11.5. The van der Waals surface area contributed by atoms with E-state index in [0.717, 1.165) is 11.3 Å². The van der Waals surface area contributed by atoms with Crippen molar-refractivity contribution in [1.82, 2.24) is 0 Å². The standard InChI is InChI=1S/C11H16N2O/c1-3-9(12)11(14)13-10-7-5-4-6-8(10)2/h4-7,9H,3,12H2,1-2H3,(H,13,14)/t9-/m0/s1. The molecule has 0 aliphatic carbocycles. The largest absolute Gasteiger partial charge is 0.324 e. The normalized spacial score (nSPS) is 12.2. The summed E-state index contributed by atoms with van der Waals surface area (Å²) >= 11 is 0. The number of carbonyl (C=O) groups excluding carboxylic acids is 1. The number of nitrogens with one attached hydrogen (secondary N) is 1. The zero-order valence-corrected chi connectivity index (χ0v) is 8.58. The van der Waals surface area contributed by atoms with E-state index in [4.69, 9.17) is 5.73 Å². The molecule has 3 nitrogen and oxygen atoms in total. The van der Waals surface area contributed by atoms with Gasteiger partial charge >= 0.3 is 0 Å². The molecule has 3 heteroatoms. The fourth-order valence-corrected chi connectivity index (χ4v) is 1.12. The number of nitrogens with two attached hydrogens (primary N) is 1. The van der Waals surface area contributed by atoms with E-state index in [2.05, 4.69) is 5.32 Å². The average Bonchev–Trinajstić information content (AvgIpc) is 2.20. The first-order chi connectivity index (χ1) is 6.65. The zero-order chi connectivity index (χ0) is 10.6. The topological polar surface area (TPSA) is 55.1 Å². The summed E-state index contributed by atoms with van der Waals surface area (Å²) in [6.45, 7) is 3.84. The van der Waals surface area contributed by atoms with E-state index in [-0.39, 0.29) is 5.91 Å². The molecule has 0 fully saturated rings. The summed E-state index contributed by atoms with van der Waals surface area (Å²) in [5.74, 6) is -0.123. The number of hydrogen-bond acceptors (Lipinski definition) is 2. The molecular formula is C11H16N2O. The molecule has 0 unspecified atom stereocenters. The minimum Gasteiger partial charge on any atom is -0.324 e. The van der Waals surface area contributed by atoms with Crippen molar-refractivity contribution in [2.45, 2.75) is 26.3 Å². The van der Waals surface area contributed by atoms with E-state index in [0.29, 0.717) is 6.42 Å². The van der Waals surface area contributed by atoms with Crippen LogP contribution in [0, 0.1) is 6.92 Å². The third-order valence-electron chi connectivity index (χ3n) is 2.18. The van der Waals surface area contributed by atoms with Gasteiger partial charge in [-0.2, -0.15) is 0 Å². The van der Waals surface area contributed by atoms with Crippen molar-refractivity contribution in [3.05, 3.63) is 29.8 Å². The van der Waals surface area contributed by atoms with Crippen LogP contribution < -0.4 is 11.1 Å². The van der Waals surface area contributed by atoms with Crippen molar-refractivity contribution in [2.75, 3.05) is 5.32 Å². The van der Waals surface area contributed by atoms with Crippen LogP contribution in [0.4, 0.5) is 5.69 Å². The van der Waals surface area contributed by atoms with Crippen LogP contribution in [0.3, 0.4) is 0 Å². The first-order valence-corrected chi connectivity index (χ1v) is 4.77. The van der Waals surface area contributed by atoms with Gasteiger partial charge in [0.2, 0.25) is 5.91 Å². The second kappa shape index (κ2) is 4.77. The van der Waals surface area contributed by atoms with Crippen LogP contribution in [0.25, 0.3) is 0 Å². The monoisotopic (exact) mass is 192 g/mol. The maximum Gasteiger partial charge on any atom is 0.241 e. The summed E-state index contributed by atoms with van der Waals surface area (Å²) in [4.78, 5) is 11.5. The number of aryl methyl sites for hydroxylation is 1. The minimum absolute atomic E-state index is 0.123. The first-order valence-electron chi connectivity index (χ1n) is 4.77. The molecular weight excluding hydrogens is 176 g/mol. The molecule has 0 aromatic heterocycles. The quantitative estimate of drug-likeness (QED) is 0.765. The van der Waals surface area contributed by atoms with Crippen LogP contribution >= 0.6 is 0 Å². The Kier molecular flexibility index (Phi) is 3.65. The van der Waals surface area contributed by atoms with Gasteiger partial charge in [0.1, 0.15) is 0 Å². The molecule has 1 atom stereocenters. The van der Waals surface area contributed by atoms with Crippen molar-refractivity contribution in [3.8, 4) is 0 Å². The molecule has 1 rings (SSSR count). The third-order valence-corrected chi connectivity index (χ3v) is 2.18. The minimum atomic E-state index is -0.422. The van der Waals surface area contributed by atoms with Crippen LogP contribution in [-0.4, -0.2) is 11.9 Å². The van der Waals surface area contributed by atoms with E-state index in [9.17, 15) is 4.79 Å².